The van der Waals surface area contributed by atoms with E-state index in [0.717, 1.165) is 6.42 Å². The lowest BCUT2D eigenvalue weighted by Crippen LogP contribution is -2.19. The lowest BCUT2D eigenvalue weighted by molar-refractivity contribution is 0.160. The van der Waals surface area contributed by atoms with Crippen LogP contribution in [0.1, 0.15) is 19.4 Å². The largest absolute Gasteiger partial charge is 0.396 e. The minimum absolute atomic E-state index is 0.0240. The van der Waals surface area contributed by atoms with Gasteiger partial charge in [-0.25, -0.2) is 0 Å². The average molecular weight is 220 g/mol. The number of aliphatic hydroxyl groups excluding tert-OH is 1. The number of benzene rings is 1. The van der Waals surface area contributed by atoms with Crippen LogP contribution in [-0.4, -0.2) is 11.7 Å². The molecule has 0 radical (unpaired) electrons. The van der Waals surface area contributed by atoms with Gasteiger partial charge in [0.15, 0.2) is 0 Å². The van der Waals surface area contributed by atoms with Crippen LogP contribution in [0.5, 0.6) is 0 Å². The van der Waals surface area contributed by atoms with E-state index < -0.39 is 0 Å². The maximum Gasteiger partial charge on any atom is 0.0485 e. The molecule has 0 atom stereocenters. The summed E-state index contributed by atoms with van der Waals surface area (Å²) in [4.78, 5) is 0. The Kier molecular flexibility index (Phi) is 2.81. The number of rotatable bonds is 3. The topological polar surface area (TPSA) is 20.2 Å². The zero-order chi connectivity index (χ0) is 10.9. The van der Waals surface area contributed by atoms with Gasteiger partial charge in [0, 0.05) is 11.3 Å². The van der Waals surface area contributed by atoms with E-state index >= 15 is 0 Å². The van der Waals surface area contributed by atoms with Gasteiger partial charge in [0.1, 0.15) is 0 Å². The van der Waals surface area contributed by atoms with Gasteiger partial charge in [-0.1, -0.05) is 32.0 Å². The third-order valence-corrected chi connectivity index (χ3v) is 3.67. The Bertz CT molecular complexity index is 456. The van der Waals surface area contributed by atoms with Crippen molar-refractivity contribution in [1.82, 2.24) is 0 Å². The molecule has 2 heteroatoms. The second-order valence-corrected chi connectivity index (χ2v) is 5.67. The van der Waals surface area contributed by atoms with E-state index in [1.54, 1.807) is 11.3 Å². The van der Waals surface area contributed by atoms with E-state index in [-0.39, 0.29) is 12.0 Å². The quantitative estimate of drug-likeness (QED) is 0.840. The molecule has 0 unspecified atom stereocenters. The molecule has 1 heterocycles. The predicted octanol–water partition coefficient (Wildman–Crippen LogP) is 3.46. The van der Waals surface area contributed by atoms with Crippen LogP contribution in [0.3, 0.4) is 0 Å². The highest BCUT2D eigenvalue weighted by Gasteiger charge is 2.18. The first kappa shape index (κ1) is 10.7. The van der Waals surface area contributed by atoms with Gasteiger partial charge in [0.05, 0.1) is 0 Å². The summed E-state index contributed by atoms with van der Waals surface area (Å²) < 4.78 is 1.33. The van der Waals surface area contributed by atoms with Crippen molar-refractivity contribution in [3.63, 3.8) is 0 Å². The standard InChI is InChI=1S/C13H16OS/c1-13(2,9-14)7-10-8-15-12-6-4-3-5-11(10)12/h3-6,8,14H,7,9H2,1-2H3. The van der Waals surface area contributed by atoms with Crippen molar-refractivity contribution >= 4 is 21.4 Å². The molecule has 80 valence electrons. The monoisotopic (exact) mass is 220 g/mol. The zero-order valence-corrected chi connectivity index (χ0v) is 9.97. The summed E-state index contributed by atoms with van der Waals surface area (Å²) >= 11 is 1.78. The minimum Gasteiger partial charge on any atom is -0.396 e. The highest BCUT2D eigenvalue weighted by atomic mass is 32.1. The van der Waals surface area contributed by atoms with Crippen molar-refractivity contribution in [3.05, 3.63) is 35.2 Å². The Balaban J connectivity index is 2.37. The van der Waals surface area contributed by atoms with E-state index in [9.17, 15) is 5.11 Å². The summed E-state index contributed by atoms with van der Waals surface area (Å²) in [5.74, 6) is 0. The minimum atomic E-state index is -0.0240. The third kappa shape index (κ3) is 2.21. The second-order valence-electron chi connectivity index (χ2n) is 4.76. The molecule has 1 N–H and O–H groups in total. The Hall–Kier alpha value is -0.860. The molecule has 2 rings (SSSR count). The molecule has 1 nitrogen and oxygen atoms in total. The van der Waals surface area contributed by atoms with Crippen LogP contribution in [-0.2, 0) is 6.42 Å². The van der Waals surface area contributed by atoms with Crippen LogP contribution in [0, 0.1) is 5.41 Å². The van der Waals surface area contributed by atoms with E-state index in [0.29, 0.717) is 0 Å². The Morgan fingerprint density at radius 3 is 2.73 bits per heavy atom. The number of hydrogen-bond donors (Lipinski definition) is 1. The molecule has 0 amide bonds. The van der Waals surface area contributed by atoms with E-state index in [4.69, 9.17) is 0 Å². The lowest BCUT2D eigenvalue weighted by atomic mass is 9.87. The van der Waals surface area contributed by atoms with Gasteiger partial charge < -0.3 is 5.11 Å². The Morgan fingerprint density at radius 1 is 1.27 bits per heavy atom. The highest BCUT2D eigenvalue weighted by Crippen LogP contribution is 2.30. The van der Waals surface area contributed by atoms with Gasteiger partial charge in [0.2, 0.25) is 0 Å². The van der Waals surface area contributed by atoms with Gasteiger partial charge in [-0.3, -0.25) is 0 Å². The number of thiophene rings is 1. The van der Waals surface area contributed by atoms with Crippen molar-refractivity contribution in [2.45, 2.75) is 20.3 Å². The summed E-state index contributed by atoms with van der Waals surface area (Å²) in [5, 5.41) is 12.8. The maximum absolute atomic E-state index is 9.27. The number of aliphatic hydroxyl groups is 1. The zero-order valence-electron chi connectivity index (χ0n) is 9.16. The van der Waals surface area contributed by atoms with Crippen molar-refractivity contribution in [2.75, 3.05) is 6.61 Å². The first-order valence-electron chi connectivity index (χ1n) is 5.18. The molecule has 0 bridgehead atoms. The van der Waals surface area contributed by atoms with Crippen LogP contribution in [0.2, 0.25) is 0 Å². The fraction of sp³-hybridized carbons (Fsp3) is 0.385. The van der Waals surface area contributed by atoms with Gasteiger partial charge in [-0.05, 0) is 34.2 Å². The van der Waals surface area contributed by atoms with Crippen LogP contribution >= 0.6 is 11.3 Å². The summed E-state index contributed by atoms with van der Waals surface area (Å²) in [6.07, 6.45) is 0.938. The van der Waals surface area contributed by atoms with Gasteiger partial charge in [0.25, 0.3) is 0 Å². The van der Waals surface area contributed by atoms with E-state index in [1.807, 2.05) is 0 Å². The highest BCUT2D eigenvalue weighted by molar-refractivity contribution is 7.17. The summed E-state index contributed by atoms with van der Waals surface area (Å²) in [5.41, 5.74) is 1.33. The van der Waals surface area contributed by atoms with Crippen LogP contribution in [0.4, 0.5) is 0 Å². The molecule has 0 fully saturated rings. The van der Waals surface area contributed by atoms with Crippen molar-refractivity contribution in [2.24, 2.45) is 5.41 Å². The Morgan fingerprint density at radius 2 is 2.00 bits per heavy atom. The molecule has 0 spiro atoms. The van der Waals surface area contributed by atoms with E-state index in [2.05, 4.69) is 43.5 Å². The van der Waals surface area contributed by atoms with Crippen molar-refractivity contribution in [3.8, 4) is 0 Å². The van der Waals surface area contributed by atoms with E-state index in [1.165, 1.54) is 15.6 Å². The molecule has 1 aromatic carbocycles. The van der Waals surface area contributed by atoms with Crippen LogP contribution < -0.4 is 0 Å². The SMILES string of the molecule is CC(C)(CO)Cc1csc2ccccc12. The molecule has 2 aromatic rings. The average Bonchev–Trinajstić information content (AvgIpc) is 2.62. The van der Waals surface area contributed by atoms with Gasteiger partial charge >= 0.3 is 0 Å². The molecule has 0 aliphatic rings. The second kappa shape index (κ2) is 3.95. The predicted molar refractivity (Wildman–Crippen MR) is 66.4 cm³/mol. The Labute approximate surface area is 94.4 Å². The molecule has 0 aliphatic heterocycles. The molecular weight excluding hydrogens is 204 g/mol. The smallest absolute Gasteiger partial charge is 0.0485 e. The summed E-state index contributed by atoms with van der Waals surface area (Å²) in [6, 6.07) is 8.45. The van der Waals surface area contributed by atoms with Crippen molar-refractivity contribution in [1.29, 1.82) is 0 Å². The number of hydrogen-bond acceptors (Lipinski definition) is 2. The molecule has 1 aromatic heterocycles. The molecule has 0 saturated carbocycles. The molecular formula is C13H16OS. The first-order chi connectivity index (χ1) is 7.12. The van der Waals surface area contributed by atoms with Crippen LogP contribution in [0.25, 0.3) is 10.1 Å². The maximum atomic E-state index is 9.27. The lowest BCUT2D eigenvalue weighted by Gasteiger charge is -2.20. The van der Waals surface area contributed by atoms with Gasteiger partial charge in [-0.2, -0.15) is 0 Å². The number of fused-ring (bicyclic) bond motifs is 1. The first-order valence-corrected chi connectivity index (χ1v) is 6.06. The normalized spacial score (nSPS) is 12.2. The van der Waals surface area contributed by atoms with Crippen LogP contribution in [0.15, 0.2) is 29.6 Å². The van der Waals surface area contributed by atoms with Gasteiger partial charge in [-0.15, -0.1) is 11.3 Å². The van der Waals surface area contributed by atoms with Crippen molar-refractivity contribution < 1.29 is 5.11 Å². The fourth-order valence-electron chi connectivity index (χ4n) is 1.74. The summed E-state index contributed by atoms with van der Waals surface area (Å²) in [7, 11) is 0. The third-order valence-electron chi connectivity index (χ3n) is 2.66. The molecule has 0 aliphatic carbocycles. The summed E-state index contributed by atoms with van der Waals surface area (Å²) in [6.45, 7) is 4.43. The fourth-order valence-corrected chi connectivity index (χ4v) is 2.70. The molecule has 0 saturated heterocycles. The molecule has 15 heavy (non-hydrogen) atoms.